The van der Waals surface area contributed by atoms with E-state index in [-0.39, 0.29) is 17.8 Å². The number of hydrogen-bond donors (Lipinski definition) is 1. The number of carbonyl (C=O) groups is 1. The van der Waals surface area contributed by atoms with Gasteiger partial charge in [-0.2, -0.15) is 0 Å². The first-order valence-corrected chi connectivity index (χ1v) is 13.9. The number of rotatable bonds is 19. The quantitative estimate of drug-likeness (QED) is 0.160. The molecule has 1 rings (SSSR count). The van der Waals surface area contributed by atoms with Gasteiger partial charge in [0.05, 0.1) is 6.61 Å². The average Bonchev–Trinajstić information content (AvgIpc) is 2.78. The van der Waals surface area contributed by atoms with Crippen LogP contribution in [0.15, 0.2) is 12.1 Å². The van der Waals surface area contributed by atoms with Gasteiger partial charge in [-0.05, 0) is 36.8 Å². The third-order valence-corrected chi connectivity index (χ3v) is 6.44. The number of aromatic hydroxyl groups is 1. The molecule has 1 aromatic carbocycles. The highest BCUT2D eigenvalue weighted by molar-refractivity contribution is 5.71. The van der Waals surface area contributed by atoms with Gasteiger partial charge in [0.2, 0.25) is 0 Å². The van der Waals surface area contributed by atoms with Crippen molar-refractivity contribution in [1.82, 2.24) is 0 Å². The number of phenols is 1. The zero-order valence-electron chi connectivity index (χ0n) is 22.8. The van der Waals surface area contributed by atoms with Gasteiger partial charge in [-0.25, -0.2) is 4.79 Å². The summed E-state index contributed by atoms with van der Waals surface area (Å²) >= 11 is 0. The van der Waals surface area contributed by atoms with Crippen molar-refractivity contribution in [3.05, 3.63) is 23.3 Å². The number of ether oxygens (including phenoxy) is 2. The smallest absolute Gasteiger partial charge is 0.344 e. The van der Waals surface area contributed by atoms with E-state index in [1.54, 1.807) is 13.0 Å². The summed E-state index contributed by atoms with van der Waals surface area (Å²) < 4.78 is 10.7. The molecule has 0 saturated carbocycles. The maximum absolute atomic E-state index is 11.7. The number of esters is 1. The highest BCUT2D eigenvalue weighted by atomic mass is 16.6. The summed E-state index contributed by atoms with van der Waals surface area (Å²) in [6, 6.07) is 3.72. The first-order chi connectivity index (χ1) is 16.3. The van der Waals surface area contributed by atoms with Crippen molar-refractivity contribution < 1.29 is 19.4 Å². The molecule has 0 spiro atoms. The van der Waals surface area contributed by atoms with E-state index >= 15 is 0 Å². The van der Waals surface area contributed by atoms with Gasteiger partial charge in [-0.3, -0.25) is 0 Å². The third-order valence-electron chi connectivity index (χ3n) is 6.44. The van der Waals surface area contributed by atoms with Crippen LogP contribution >= 0.6 is 0 Å². The van der Waals surface area contributed by atoms with Crippen molar-refractivity contribution in [2.45, 2.75) is 136 Å². The van der Waals surface area contributed by atoms with Gasteiger partial charge in [0.25, 0.3) is 0 Å². The second-order valence-corrected chi connectivity index (χ2v) is 10.7. The lowest BCUT2D eigenvalue weighted by molar-refractivity contribution is -0.145. The average molecular weight is 477 g/mol. The summed E-state index contributed by atoms with van der Waals surface area (Å²) in [5, 5.41) is 10.6. The largest absolute Gasteiger partial charge is 0.508 e. The highest BCUT2D eigenvalue weighted by Crippen LogP contribution is 2.37. The lowest BCUT2D eigenvalue weighted by Gasteiger charge is -2.24. The number of benzene rings is 1. The van der Waals surface area contributed by atoms with Gasteiger partial charge in [-0.1, -0.05) is 111 Å². The molecule has 34 heavy (non-hydrogen) atoms. The van der Waals surface area contributed by atoms with Gasteiger partial charge in [0.1, 0.15) is 11.5 Å². The van der Waals surface area contributed by atoms with Gasteiger partial charge in [0, 0.05) is 11.6 Å². The predicted molar refractivity (Wildman–Crippen MR) is 143 cm³/mol. The van der Waals surface area contributed by atoms with E-state index in [1.165, 1.54) is 83.5 Å². The van der Waals surface area contributed by atoms with Gasteiger partial charge in [0.15, 0.2) is 6.61 Å². The molecule has 196 valence electrons. The number of phenolic OH excluding ortho intramolecular Hbond substituents is 1. The fourth-order valence-electron chi connectivity index (χ4n) is 4.37. The first kappa shape index (κ1) is 30.3. The fraction of sp³-hybridized carbons (Fsp3) is 0.767. The van der Waals surface area contributed by atoms with Crippen molar-refractivity contribution >= 4 is 5.97 Å². The topological polar surface area (TPSA) is 55.8 Å². The Labute approximate surface area is 209 Å². The van der Waals surface area contributed by atoms with Crippen LogP contribution in [0.2, 0.25) is 0 Å². The molecule has 0 aliphatic heterocycles. The second kappa shape index (κ2) is 17.7. The second-order valence-electron chi connectivity index (χ2n) is 10.7. The minimum absolute atomic E-state index is 0.144. The van der Waals surface area contributed by atoms with E-state index in [1.807, 2.05) is 0 Å². The van der Waals surface area contributed by atoms with Gasteiger partial charge in [-0.15, -0.1) is 0 Å². The minimum atomic E-state index is -0.395. The van der Waals surface area contributed by atoms with Gasteiger partial charge < -0.3 is 14.6 Å². The van der Waals surface area contributed by atoms with Gasteiger partial charge >= 0.3 is 5.97 Å². The van der Waals surface area contributed by atoms with Crippen LogP contribution in [-0.2, 0) is 21.4 Å². The molecule has 0 amide bonds. The van der Waals surface area contributed by atoms with E-state index < -0.39 is 5.97 Å². The molecule has 0 atom stereocenters. The molecular weight excluding hydrogens is 424 g/mol. The fourth-order valence-corrected chi connectivity index (χ4v) is 4.37. The normalized spacial score (nSPS) is 11.6. The van der Waals surface area contributed by atoms with Crippen LogP contribution in [-0.4, -0.2) is 24.3 Å². The minimum Gasteiger partial charge on any atom is -0.508 e. The van der Waals surface area contributed by atoms with Crippen LogP contribution in [0, 0.1) is 0 Å². The molecule has 0 aliphatic carbocycles. The lowest BCUT2D eigenvalue weighted by atomic mass is 9.84. The van der Waals surface area contributed by atoms with Crippen molar-refractivity contribution in [2.24, 2.45) is 0 Å². The van der Waals surface area contributed by atoms with Crippen LogP contribution in [0.5, 0.6) is 11.5 Å². The Bertz CT molecular complexity index is 675. The van der Waals surface area contributed by atoms with E-state index in [9.17, 15) is 9.90 Å². The molecule has 0 heterocycles. The first-order valence-electron chi connectivity index (χ1n) is 13.9. The van der Waals surface area contributed by atoms with E-state index in [0.29, 0.717) is 12.4 Å². The molecule has 4 heteroatoms. The summed E-state index contributed by atoms with van der Waals surface area (Å²) in [6.07, 6.45) is 19.6. The molecule has 4 nitrogen and oxygen atoms in total. The number of hydrogen-bond acceptors (Lipinski definition) is 4. The highest BCUT2D eigenvalue weighted by Gasteiger charge is 2.22. The molecule has 0 aliphatic rings. The summed E-state index contributed by atoms with van der Waals surface area (Å²) in [6.45, 7) is 10.6. The summed E-state index contributed by atoms with van der Waals surface area (Å²) in [5.74, 6) is 0.414. The zero-order chi connectivity index (χ0) is 25.2. The zero-order valence-corrected chi connectivity index (χ0v) is 22.8. The molecule has 0 aromatic heterocycles. The Hall–Kier alpha value is -1.71. The predicted octanol–water partition coefficient (Wildman–Crippen LogP) is 8.66. The molecular formula is C30H52O4. The van der Waals surface area contributed by atoms with E-state index in [0.717, 1.165) is 24.0 Å². The number of aryl methyl sites for hydroxylation is 1. The van der Waals surface area contributed by atoms with Crippen LogP contribution in [0.4, 0.5) is 0 Å². The van der Waals surface area contributed by atoms with E-state index in [4.69, 9.17) is 9.47 Å². The molecule has 0 unspecified atom stereocenters. The van der Waals surface area contributed by atoms with E-state index in [2.05, 4.69) is 33.8 Å². The standard InChI is InChI=1S/C30H52O4/c1-6-8-9-10-11-12-13-14-15-16-17-18-19-20-21-25-22-26(30(3,4)5)28(23-27(25)31)34-24-29(32)33-7-2/h22-23,31H,6-21,24H2,1-5H3. The maximum Gasteiger partial charge on any atom is 0.344 e. The van der Waals surface area contributed by atoms with Crippen LogP contribution < -0.4 is 4.74 Å². The molecule has 1 aromatic rings. The van der Waals surface area contributed by atoms with Crippen molar-refractivity contribution in [2.75, 3.05) is 13.2 Å². The SMILES string of the molecule is CCCCCCCCCCCCCCCCc1cc(C(C)(C)C)c(OCC(=O)OCC)cc1O. The summed E-state index contributed by atoms with van der Waals surface area (Å²) in [4.78, 5) is 11.7. The van der Waals surface area contributed by atoms with Crippen LogP contribution in [0.25, 0.3) is 0 Å². The number of carbonyl (C=O) groups excluding carboxylic acids is 1. The Balaban J connectivity index is 2.32. The molecule has 0 bridgehead atoms. The maximum atomic E-state index is 11.7. The Morgan fingerprint density at radius 1 is 0.794 bits per heavy atom. The molecule has 0 saturated heterocycles. The monoisotopic (exact) mass is 476 g/mol. The van der Waals surface area contributed by atoms with Crippen molar-refractivity contribution in [1.29, 1.82) is 0 Å². The van der Waals surface area contributed by atoms with Crippen LogP contribution in [0.1, 0.15) is 136 Å². The third kappa shape index (κ3) is 13.2. The van der Waals surface area contributed by atoms with Crippen molar-refractivity contribution in [3.8, 4) is 11.5 Å². The number of unbranched alkanes of at least 4 members (excludes halogenated alkanes) is 13. The lowest BCUT2D eigenvalue weighted by Crippen LogP contribution is -2.18. The Kier molecular flexibility index (Phi) is 15.8. The summed E-state index contributed by atoms with van der Waals surface area (Å²) in [5.41, 5.74) is 1.82. The Morgan fingerprint density at radius 3 is 1.76 bits per heavy atom. The van der Waals surface area contributed by atoms with Crippen molar-refractivity contribution in [3.63, 3.8) is 0 Å². The molecule has 0 radical (unpaired) electrons. The Morgan fingerprint density at radius 2 is 1.29 bits per heavy atom. The molecule has 0 fully saturated rings. The van der Waals surface area contributed by atoms with Crippen LogP contribution in [0.3, 0.4) is 0 Å². The molecule has 1 N–H and O–H groups in total. The summed E-state index contributed by atoms with van der Waals surface area (Å²) in [7, 11) is 0.